The van der Waals surface area contributed by atoms with E-state index in [9.17, 15) is 23.1 Å². The van der Waals surface area contributed by atoms with Gasteiger partial charge in [-0.1, -0.05) is 58.9 Å². The molecule has 2 amide bonds. The Balaban J connectivity index is 1.06. The van der Waals surface area contributed by atoms with E-state index in [4.69, 9.17) is 5.14 Å². The van der Waals surface area contributed by atoms with E-state index in [0.717, 1.165) is 75.3 Å². The van der Waals surface area contributed by atoms with Crippen LogP contribution in [-0.4, -0.2) is 38.0 Å². The number of sulfonamides is 1. The molecule has 0 heterocycles. The highest BCUT2D eigenvalue weighted by Crippen LogP contribution is 2.77. The van der Waals surface area contributed by atoms with Gasteiger partial charge in [-0.15, -0.1) is 0 Å². The largest absolute Gasteiger partial charge is 0.393 e. The molecular weight excluding hydrogens is 726 g/mol. The number of aliphatic hydroxyl groups is 1. The summed E-state index contributed by atoms with van der Waals surface area (Å²) in [5.74, 6) is 1.05. The van der Waals surface area contributed by atoms with Gasteiger partial charge in [0.2, 0.25) is 15.9 Å². The second-order valence-corrected chi connectivity index (χ2v) is 21.5. The molecule has 306 valence electrons. The normalized spacial score (nSPS) is 37.3. The van der Waals surface area contributed by atoms with Crippen molar-refractivity contribution in [3.8, 4) is 0 Å². The molecule has 0 aliphatic heterocycles. The molecule has 5 fully saturated rings. The highest BCUT2D eigenvalue weighted by atomic mass is 32.2. The zero-order valence-electron chi connectivity index (χ0n) is 34.3. The lowest BCUT2D eigenvalue weighted by molar-refractivity contribution is -0.246. The molecule has 5 aliphatic rings. The minimum atomic E-state index is -3.78. The molecule has 0 spiro atoms. The average Bonchev–Trinajstić information content (AvgIpc) is 3.54. The van der Waals surface area contributed by atoms with Gasteiger partial charge >= 0.3 is 0 Å². The first-order valence-electron chi connectivity index (χ1n) is 21.0. The molecule has 2 aromatic carbocycles. The fraction of sp³-hybridized carbons (Fsp3) is 0.652. The second-order valence-electron chi connectivity index (χ2n) is 19.9. The van der Waals surface area contributed by atoms with Crippen LogP contribution in [0.5, 0.6) is 0 Å². The molecule has 7 rings (SSSR count). The van der Waals surface area contributed by atoms with Crippen LogP contribution in [-0.2, 0) is 27.8 Å². The van der Waals surface area contributed by atoms with Crippen LogP contribution in [0.15, 0.2) is 59.5 Å². The number of aliphatic hydroxyl groups excluding tert-OH is 1. The predicted octanol–water partition coefficient (Wildman–Crippen LogP) is 8.08. The van der Waals surface area contributed by atoms with Crippen molar-refractivity contribution >= 4 is 21.8 Å². The number of primary sulfonamides is 1. The quantitative estimate of drug-likeness (QED) is 0.191. The number of allylic oxidation sites excluding steroid dienone is 1. The maximum Gasteiger partial charge on any atom is 0.251 e. The van der Waals surface area contributed by atoms with E-state index in [1.54, 1.807) is 12.1 Å². The number of nitrogens with one attached hydrogen (secondary N) is 2. The number of hydrogen-bond acceptors (Lipinski definition) is 5. The standard InChI is InChI=1S/C46H64FN3O5S/c1-28(2)33-16-22-46(24-23-44(6)34(39(33)46)13-15-37-43(5)20-18-38(51)42(3,4)36(43)17-21-45(37,44)7)41(53)50-27-31-26-30(10-14-35(31)47)40(52)49-25-19-29-8-11-32(12-9-29)56(48,54)55/h8-12,14,26,33-34,36-39,51H,1,13,15-25,27H2,2-7H3,(H,49,52)(H,50,53)(H2,48,54,55)/t33-,34?,36?,37?,38-,39?,43-,44+,45+,46-/m0/s1. The first-order valence-corrected chi connectivity index (χ1v) is 22.5. The summed E-state index contributed by atoms with van der Waals surface area (Å²) in [4.78, 5) is 27.8. The van der Waals surface area contributed by atoms with Crippen molar-refractivity contribution in [2.24, 2.45) is 61.8 Å². The van der Waals surface area contributed by atoms with Crippen molar-refractivity contribution in [2.45, 2.75) is 130 Å². The molecule has 0 radical (unpaired) electrons. The Morgan fingerprint density at radius 3 is 2.27 bits per heavy atom. The number of hydrogen-bond donors (Lipinski definition) is 4. The van der Waals surface area contributed by atoms with E-state index in [0.29, 0.717) is 36.3 Å². The smallest absolute Gasteiger partial charge is 0.251 e. The highest BCUT2D eigenvalue weighted by Gasteiger charge is 2.71. The van der Waals surface area contributed by atoms with Crippen molar-refractivity contribution in [3.63, 3.8) is 0 Å². The molecule has 2 aromatic rings. The number of halogens is 1. The van der Waals surface area contributed by atoms with E-state index >= 15 is 4.39 Å². The van der Waals surface area contributed by atoms with Crippen molar-refractivity contribution < 1.29 is 27.5 Å². The summed E-state index contributed by atoms with van der Waals surface area (Å²) in [5, 5.41) is 22.4. The molecule has 10 heteroatoms. The lowest BCUT2D eigenvalue weighted by atomic mass is 9.32. The van der Waals surface area contributed by atoms with Crippen molar-refractivity contribution in [1.82, 2.24) is 10.6 Å². The van der Waals surface area contributed by atoms with Gasteiger partial charge in [0, 0.05) is 24.2 Å². The predicted molar refractivity (Wildman–Crippen MR) is 217 cm³/mol. The van der Waals surface area contributed by atoms with E-state index < -0.39 is 21.3 Å². The number of amides is 2. The van der Waals surface area contributed by atoms with Gasteiger partial charge in [-0.2, -0.15) is 0 Å². The first kappa shape index (κ1) is 41.1. The van der Waals surface area contributed by atoms with E-state index in [1.165, 1.54) is 30.3 Å². The Bertz CT molecular complexity index is 2000. The van der Waals surface area contributed by atoms with Crippen LogP contribution in [0, 0.1) is 62.5 Å². The van der Waals surface area contributed by atoms with Crippen LogP contribution in [0.1, 0.15) is 127 Å². The Hall–Kier alpha value is -3.08. The van der Waals surface area contributed by atoms with Gasteiger partial charge in [-0.05, 0) is 165 Å². The molecule has 0 bridgehead atoms. The number of benzene rings is 2. The number of carbonyl (C=O) groups excluding carboxylic acids is 2. The third-order valence-corrected chi connectivity index (χ3v) is 18.1. The Kier molecular flexibility index (Phi) is 10.5. The van der Waals surface area contributed by atoms with E-state index in [-0.39, 0.29) is 68.4 Å². The monoisotopic (exact) mass is 789 g/mol. The lowest BCUT2D eigenvalue weighted by Gasteiger charge is -2.72. The number of carbonyl (C=O) groups is 2. The van der Waals surface area contributed by atoms with Gasteiger partial charge in [0.25, 0.3) is 5.91 Å². The van der Waals surface area contributed by atoms with Gasteiger partial charge in [0.05, 0.1) is 16.4 Å². The van der Waals surface area contributed by atoms with Gasteiger partial charge < -0.3 is 15.7 Å². The van der Waals surface area contributed by atoms with Crippen molar-refractivity contribution in [3.05, 3.63) is 77.1 Å². The van der Waals surface area contributed by atoms with Crippen molar-refractivity contribution in [2.75, 3.05) is 6.54 Å². The zero-order chi connectivity index (χ0) is 40.6. The third-order valence-electron chi connectivity index (χ3n) is 17.2. The summed E-state index contributed by atoms with van der Waals surface area (Å²) in [5.41, 5.74) is 2.30. The summed E-state index contributed by atoms with van der Waals surface area (Å²) < 4.78 is 38.4. The van der Waals surface area contributed by atoms with Gasteiger partial charge in [-0.25, -0.2) is 17.9 Å². The molecular formula is C46H64FN3O5S. The summed E-state index contributed by atoms with van der Waals surface area (Å²) in [6.45, 7) is 19.2. The van der Waals surface area contributed by atoms with Crippen LogP contribution in [0.4, 0.5) is 4.39 Å². The Morgan fingerprint density at radius 1 is 0.875 bits per heavy atom. The van der Waals surface area contributed by atoms with E-state index in [2.05, 4.69) is 58.8 Å². The third kappa shape index (κ3) is 6.48. The van der Waals surface area contributed by atoms with Crippen LogP contribution in [0.2, 0.25) is 0 Å². The van der Waals surface area contributed by atoms with E-state index in [1.807, 2.05) is 0 Å². The summed E-state index contributed by atoms with van der Waals surface area (Å²) in [6, 6.07) is 10.4. The minimum absolute atomic E-state index is 0.00183. The second kappa shape index (κ2) is 14.3. The maximum absolute atomic E-state index is 15.3. The topological polar surface area (TPSA) is 139 Å². The number of rotatable bonds is 9. The van der Waals surface area contributed by atoms with Gasteiger partial charge in [-0.3, -0.25) is 9.59 Å². The average molecular weight is 790 g/mol. The Morgan fingerprint density at radius 2 is 1.59 bits per heavy atom. The zero-order valence-corrected chi connectivity index (χ0v) is 35.2. The number of fused-ring (bicyclic) bond motifs is 7. The van der Waals surface area contributed by atoms with Gasteiger partial charge in [0.15, 0.2) is 0 Å². The molecule has 56 heavy (non-hydrogen) atoms. The first-order chi connectivity index (χ1) is 26.2. The lowest BCUT2D eigenvalue weighted by Crippen LogP contribution is -2.67. The highest BCUT2D eigenvalue weighted by molar-refractivity contribution is 7.89. The fourth-order valence-electron chi connectivity index (χ4n) is 14.0. The number of nitrogens with two attached hydrogens (primary N) is 1. The molecule has 5 aliphatic carbocycles. The fourth-order valence-corrected chi connectivity index (χ4v) is 14.5. The summed E-state index contributed by atoms with van der Waals surface area (Å²) in [7, 11) is -3.78. The summed E-state index contributed by atoms with van der Waals surface area (Å²) in [6.07, 6.45) is 10.2. The summed E-state index contributed by atoms with van der Waals surface area (Å²) >= 11 is 0. The molecule has 4 unspecified atom stereocenters. The van der Waals surface area contributed by atoms with Crippen molar-refractivity contribution in [1.29, 1.82) is 0 Å². The Labute approximate surface area is 334 Å². The SMILES string of the molecule is C=C(C)[C@@H]1CC[C@]2(C(=O)NCc3cc(C(=O)NCCc4ccc(S(N)(=O)=O)cc4)ccc3F)CC[C@]3(C)C(CCC4[C@@]5(C)CC[C@H](O)C(C)(C)C5CC[C@]43C)C12. The van der Waals surface area contributed by atoms with Crippen LogP contribution in [0.25, 0.3) is 0 Å². The molecule has 5 N–H and O–H groups in total. The molecule has 0 aromatic heterocycles. The van der Waals surface area contributed by atoms with Crippen LogP contribution in [0.3, 0.4) is 0 Å². The maximum atomic E-state index is 15.3. The molecule has 0 saturated heterocycles. The molecule has 5 saturated carbocycles. The molecule has 8 nitrogen and oxygen atoms in total. The minimum Gasteiger partial charge on any atom is -0.393 e. The van der Waals surface area contributed by atoms with Crippen LogP contribution >= 0.6 is 0 Å². The van der Waals surface area contributed by atoms with Crippen LogP contribution < -0.4 is 15.8 Å². The van der Waals surface area contributed by atoms with Gasteiger partial charge in [0.1, 0.15) is 5.82 Å². The molecule has 10 atom stereocenters.